The Morgan fingerprint density at radius 2 is 2.33 bits per heavy atom. The third kappa shape index (κ3) is 3.68. The lowest BCUT2D eigenvalue weighted by Crippen LogP contribution is -2.42. The van der Waals surface area contributed by atoms with Gasteiger partial charge >= 0.3 is 0 Å². The van der Waals surface area contributed by atoms with E-state index >= 15 is 0 Å². The molecule has 5 heteroatoms. The fourth-order valence-electron chi connectivity index (χ4n) is 3.08. The monoisotopic (exact) mass is 343 g/mol. The van der Waals surface area contributed by atoms with Crippen molar-refractivity contribution in [1.82, 2.24) is 5.32 Å². The van der Waals surface area contributed by atoms with Crippen LogP contribution >= 0.6 is 11.3 Å². The predicted molar refractivity (Wildman–Crippen MR) is 96.2 cm³/mol. The molecule has 1 aromatic heterocycles. The number of thiophene rings is 1. The first-order chi connectivity index (χ1) is 11.6. The van der Waals surface area contributed by atoms with E-state index in [4.69, 9.17) is 4.74 Å². The van der Waals surface area contributed by atoms with Gasteiger partial charge in [0.05, 0.1) is 13.7 Å². The van der Waals surface area contributed by atoms with Gasteiger partial charge in [0.15, 0.2) is 0 Å². The second kappa shape index (κ2) is 7.20. The Kier molecular flexibility index (Phi) is 5.02. The van der Waals surface area contributed by atoms with Crippen LogP contribution in [-0.4, -0.2) is 24.7 Å². The van der Waals surface area contributed by atoms with Crippen molar-refractivity contribution < 1.29 is 14.6 Å². The number of benzene rings is 1. The third-order valence-electron chi connectivity index (χ3n) is 4.38. The van der Waals surface area contributed by atoms with Crippen LogP contribution in [-0.2, 0) is 16.8 Å². The van der Waals surface area contributed by atoms with Crippen molar-refractivity contribution in [3.63, 3.8) is 0 Å². The number of carbonyl (C=O) groups is 1. The van der Waals surface area contributed by atoms with Crippen LogP contribution in [0, 0.1) is 0 Å². The number of aliphatic hydroxyl groups is 1. The van der Waals surface area contributed by atoms with Gasteiger partial charge in [-0.15, -0.1) is 0 Å². The summed E-state index contributed by atoms with van der Waals surface area (Å²) in [6.45, 7) is 0.207. The fourth-order valence-corrected chi connectivity index (χ4v) is 3.71. The topological polar surface area (TPSA) is 58.6 Å². The summed E-state index contributed by atoms with van der Waals surface area (Å²) in [4.78, 5) is 12.0. The number of fused-ring (bicyclic) bond motifs is 1. The molecule has 2 N–H and O–H groups in total. The molecule has 0 aliphatic heterocycles. The van der Waals surface area contributed by atoms with Crippen LogP contribution in [0.4, 0.5) is 0 Å². The average molecular weight is 343 g/mol. The van der Waals surface area contributed by atoms with Crippen LogP contribution in [0.2, 0.25) is 0 Å². The zero-order valence-corrected chi connectivity index (χ0v) is 14.4. The van der Waals surface area contributed by atoms with E-state index in [2.05, 4.69) is 5.32 Å². The van der Waals surface area contributed by atoms with E-state index in [9.17, 15) is 9.90 Å². The minimum atomic E-state index is -1.02. The summed E-state index contributed by atoms with van der Waals surface area (Å²) < 4.78 is 5.25. The van der Waals surface area contributed by atoms with E-state index in [1.54, 1.807) is 24.5 Å². The molecule has 1 aliphatic carbocycles. The Balaban J connectivity index is 1.68. The Morgan fingerprint density at radius 1 is 1.46 bits per heavy atom. The van der Waals surface area contributed by atoms with Crippen molar-refractivity contribution in [1.29, 1.82) is 0 Å². The van der Waals surface area contributed by atoms with E-state index < -0.39 is 5.60 Å². The lowest BCUT2D eigenvalue weighted by Gasteiger charge is -2.34. The molecule has 0 radical (unpaired) electrons. The van der Waals surface area contributed by atoms with Crippen molar-refractivity contribution >= 4 is 23.3 Å². The molecule has 0 saturated carbocycles. The van der Waals surface area contributed by atoms with Gasteiger partial charge < -0.3 is 15.2 Å². The summed E-state index contributed by atoms with van der Waals surface area (Å²) in [6, 6.07) is 7.68. The number of amides is 1. The standard InChI is InChI=1S/C19H21NO3S/c1-23-16-5-6-17-15(11-16)3-2-9-19(17,22)13-20-18(21)7-4-14-8-10-24-12-14/h4-8,10-12,22H,2-3,9,13H2,1H3,(H,20,21)/b7-4+/t19-/m0/s1. The van der Waals surface area contributed by atoms with Crippen LogP contribution in [0.25, 0.3) is 6.08 Å². The van der Waals surface area contributed by atoms with E-state index in [1.165, 1.54) is 6.08 Å². The van der Waals surface area contributed by atoms with Crippen molar-refractivity contribution in [3.05, 3.63) is 57.8 Å². The second-order valence-corrected chi connectivity index (χ2v) is 6.80. The first-order valence-electron chi connectivity index (χ1n) is 7.99. The van der Waals surface area contributed by atoms with Crippen molar-refractivity contribution in [2.24, 2.45) is 0 Å². The smallest absolute Gasteiger partial charge is 0.244 e. The number of ether oxygens (including phenoxy) is 1. The van der Waals surface area contributed by atoms with Gasteiger partial charge in [-0.1, -0.05) is 6.07 Å². The van der Waals surface area contributed by atoms with Gasteiger partial charge in [0.2, 0.25) is 5.91 Å². The van der Waals surface area contributed by atoms with Crippen LogP contribution in [0.3, 0.4) is 0 Å². The van der Waals surface area contributed by atoms with E-state index in [0.29, 0.717) is 6.42 Å². The molecule has 0 unspecified atom stereocenters. The van der Waals surface area contributed by atoms with Gasteiger partial charge in [-0.25, -0.2) is 0 Å². The van der Waals surface area contributed by atoms with Crippen molar-refractivity contribution in [2.45, 2.75) is 24.9 Å². The number of hydrogen-bond donors (Lipinski definition) is 2. The number of carbonyl (C=O) groups excluding carboxylic acids is 1. The average Bonchev–Trinajstić information content (AvgIpc) is 3.11. The lowest BCUT2D eigenvalue weighted by atomic mass is 9.79. The second-order valence-electron chi connectivity index (χ2n) is 6.02. The normalized spacial score (nSPS) is 19.9. The van der Waals surface area contributed by atoms with Crippen LogP contribution in [0.15, 0.2) is 41.1 Å². The summed E-state index contributed by atoms with van der Waals surface area (Å²) in [7, 11) is 1.64. The zero-order valence-electron chi connectivity index (χ0n) is 13.6. The SMILES string of the molecule is COc1ccc2c(c1)CCC[C@]2(O)CNC(=O)/C=C/c1ccsc1. The van der Waals surface area contributed by atoms with E-state index in [-0.39, 0.29) is 12.5 Å². The quantitative estimate of drug-likeness (QED) is 0.820. The van der Waals surface area contributed by atoms with Gasteiger partial charge in [-0.05, 0) is 71.0 Å². The van der Waals surface area contributed by atoms with E-state index in [0.717, 1.165) is 35.3 Å². The van der Waals surface area contributed by atoms with E-state index in [1.807, 2.05) is 35.0 Å². The first kappa shape index (κ1) is 16.7. The molecule has 0 spiro atoms. The van der Waals surface area contributed by atoms with Gasteiger partial charge in [-0.2, -0.15) is 11.3 Å². The Hall–Kier alpha value is -2.11. The minimum Gasteiger partial charge on any atom is -0.497 e. The first-order valence-corrected chi connectivity index (χ1v) is 8.93. The van der Waals surface area contributed by atoms with Gasteiger partial charge in [0.25, 0.3) is 0 Å². The Labute approximate surface area is 145 Å². The molecule has 1 heterocycles. The van der Waals surface area contributed by atoms with Gasteiger partial charge in [0, 0.05) is 6.08 Å². The fraction of sp³-hybridized carbons (Fsp3) is 0.316. The molecule has 1 atom stereocenters. The summed E-state index contributed by atoms with van der Waals surface area (Å²) in [5.74, 6) is 0.594. The molecule has 3 rings (SSSR count). The molecular formula is C19H21NO3S. The highest BCUT2D eigenvalue weighted by molar-refractivity contribution is 7.08. The molecule has 2 aromatic rings. The highest BCUT2D eigenvalue weighted by Gasteiger charge is 2.34. The third-order valence-corrected chi connectivity index (χ3v) is 5.08. The predicted octanol–water partition coefficient (Wildman–Crippen LogP) is 3.11. The molecular weight excluding hydrogens is 322 g/mol. The summed E-state index contributed by atoms with van der Waals surface area (Å²) in [6.07, 6.45) is 5.72. The molecule has 126 valence electrons. The maximum atomic E-state index is 12.0. The summed E-state index contributed by atoms with van der Waals surface area (Å²) in [5, 5.41) is 17.8. The number of methoxy groups -OCH3 is 1. The highest BCUT2D eigenvalue weighted by Crippen LogP contribution is 2.36. The number of hydrogen-bond acceptors (Lipinski definition) is 4. The van der Waals surface area contributed by atoms with Crippen LogP contribution in [0.1, 0.15) is 29.5 Å². The van der Waals surface area contributed by atoms with Crippen LogP contribution in [0.5, 0.6) is 5.75 Å². The number of nitrogens with one attached hydrogen (secondary N) is 1. The molecule has 0 fully saturated rings. The molecule has 0 saturated heterocycles. The summed E-state index contributed by atoms with van der Waals surface area (Å²) >= 11 is 1.59. The van der Waals surface area contributed by atoms with Gasteiger partial charge in [0.1, 0.15) is 11.4 Å². The Morgan fingerprint density at radius 3 is 3.08 bits per heavy atom. The largest absolute Gasteiger partial charge is 0.497 e. The minimum absolute atomic E-state index is 0.199. The Bertz CT molecular complexity index is 739. The van der Waals surface area contributed by atoms with Crippen molar-refractivity contribution in [2.75, 3.05) is 13.7 Å². The van der Waals surface area contributed by atoms with Crippen molar-refractivity contribution in [3.8, 4) is 5.75 Å². The molecule has 1 aromatic carbocycles. The molecule has 1 aliphatic rings. The number of rotatable bonds is 5. The van der Waals surface area contributed by atoms with Gasteiger partial charge in [-0.3, -0.25) is 4.79 Å². The molecule has 4 nitrogen and oxygen atoms in total. The maximum absolute atomic E-state index is 12.0. The maximum Gasteiger partial charge on any atom is 0.244 e. The molecule has 0 bridgehead atoms. The summed E-state index contributed by atoms with van der Waals surface area (Å²) in [5.41, 5.74) is 1.96. The van der Waals surface area contributed by atoms with Crippen LogP contribution < -0.4 is 10.1 Å². The zero-order chi connectivity index (χ0) is 17.0. The molecule has 24 heavy (non-hydrogen) atoms. The highest BCUT2D eigenvalue weighted by atomic mass is 32.1. The number of aryl methyl sites for hydroxylation is 1. The molecule has 1 amide bonds. The lowest BCUT2D eigenvalue weighted by molar-refractivity contribution is -0.118.